The van der Waals surface area contributed by atoms with Crippen LogP contribution in [0.15, 0.2) is 122 Å². The molecule has 0 fully saturated rings. The van der Waals surface area contributed by atoms with Crippen LogP contribution in [0.2, 0.25) is 0 Å². The maximum atomic E-state index is 6.78. The summed E-state index contributed by atoms with van der Waals surface area (Å²) in [6.45, 7) is 20.2. The van der Waals surface area contributed by atoms with E-state index in [2.05, 4.69) is 163 Å². The first kappa shape index (κ1) is 38.9. The first-order valence-electron chi connectivity index (χ1n) is 18.9. The van der Waals surface area contributed by atoms with E-state index in [0.29, 0.717) is 17.3 Å². The number of para-hydroxylation sites is 1. The quantitative estimate of drug-likeness (QED) is 0.123. The predicted octanol–water partition coefficient (Wildman–Crippen LogP) is 11.4. The molecule has 0 N–H and O–H groups in total. The van der Waals surface area contributed by atoms with Crippen molar-refractivity contribution in [2.45, 2.75) is 78.6 Å². The van der Waals surface area contributed by atoms with E-state index >= 15 is 0 Å². The standard InChI is InChI=1S/C49H47N5O.Pt/c1-47(2,3)34-19-21-51-46(28-34)54-42-18-14-13-17-39(42)41-30-40(33-15-11-10-12-16-33)44(31-43(41)54)55-38-20-22-50-45(29-38)53-24-23-52(32-53)37-26-35(48(4,5)6)25-36(27-37)49(7,8)9;/h10-28,30H,1-9H3;/q-2;. The molecule has 0 unspecified atom stereocenters. The number of benzene rings is 4. The summed E-state index contributed by atoms with van der Waals surface area (Å²) in [5.41, 5.74) is 8.68. The molecule has 0 atom stereocenters. The van der Waals surface area contributed by atoms with Crippen molar-refractivity contribution < 1.29 is 30.4 Å². The smallest absolute Gasteiger partial charge is 0.268 e. The summed E-state index contributed by atoms with van der Waals surface area (Å²) in [5, 5.41) is 2.19. The molecule has 0 spiro atoms. The van der Waals surface area contributed by atoms with Crippen LogP contribution in [0.4, 0.5) is 0 Å². The van der Waals surface area contributed by atoms with Gasteiger partial charge in [-0.3, -0.25) is 14.1 Å². The molecule has 7 heteroatoms. The van der Waals surface area contributed by atoms with Gasteiger partial charge in [-0.05, 0) is 74.4 Å². The Labute approximate surface area is 345 Å². The third kappa shape index (κ3) is 7.60. The average Bonchev–Trinajstić information content (AvgIpc) is 3.77. The Bertz CT molecular complexity index is 2650. The zero-order valence-electron chi connectivity index (χ0n) is 33.5. The van der Waals surface area contributed by atoms with Gasteiger partial charge in [0, 0.05) is 50.9 Å². The molecule has 4 aromatic heterocycles. The average molecular weight is 917 g/mol. The maximum absolute atomic E-state index is 6.78. The van der Waals surface area contributed by atoms with Crippen molar-refractivity contribution in [1.29, 1.82) is 0 Å². The van der Waals surface area contributed by atoms with E-state index in [1.807, 2.05) is 52.0 Å². The van der Waals surface area contributed by atoms with Gasteiger partial charge in [-0.15, -0.1) is 11.5 Å². The molecule has 0 amide bonds. The third-order valence-corrected chi connectivity index (χ3v) is 10.2. The van der Waals surface area contributed by atoms with Gasteiger partial charge in [-0.2, -0.15) is 18.2 Å². The molecule has 8 rings (SSSR count). The molecular weight excluding hydrogens is 870 g/mol. The van der Waals surface area contributed by atoms with Crippen molar-refractivity contribution in [3.63, 3.8) is 0 Å². The monoisotopic (exact) mass is 916 g/mol. The van der Waals surface area contributed by atoms with Crippen molar-refractivity contribution in [2.24, 2.45) is 0 Å². The molecule has 0 aliphatic carbocycles. The Balaban J connectivity index is 0.00000480. The van der Waals surface area contributed by atoms with Crippen molar-refractivity contribution in [3.8, 4) is 39.9 Å². The molecule has 0 saturated heterocycles. The van der Waals surface area contributed by atoms with Gasteiger partial charge in [0.2, 0.25) is 0 Å². The minimum atomic E-state index is -0.0357. The van der Waals surface area contributed by atoms with E-state index in [-0.39, 0.29) is 37.3 Å². The number of ether oxygens (including phenoxy) is 1. The molecule has 0 bridgehead atoms. The maximum Gasteiger partial charge on any atom is 0.268 e. The molecule has 0 saturated carbocycles. The Morgan fingerprint density at radius 2 is 1.30 bits per heavy atom. The summed E-state index contributed by atoms with van der Waals surface area (Å²) in [6.07, 6.45) is 11.1. The summed E-state index contributed by atoms with van der Waals surface area (Å²) in [6, 6.07) is 41.1. The largest absolute Gasteiger partial charge is 0.521 e. The van der Waals surface area contributed by atoms with Crippen LogP contribution < -0.4 is 9.30 Å². The van der Waals surface area contributed by atoms with Gasteiger partial charge >= 0.3 is 0 Å². The fourth-order valence-corrected chi connectivity index (χ4v) is 6.92. The van der Waals surface area contributed by atoms with E-state index < -0.39 is 0 Å². The third-order valence-electron chi connectivity index (χ3n) is 10.2. The summed E-state index contributed by atoms with van der Waals surface area (Å²) >= 11 is 0. The Hall–Kier alpha value is -5.32. The molecular formula is C49H47N5OPt-2. The van der Waals surface area contributed by atoms with Crippen LogP contribution in [0.1, 0.15) is 79.0 Å². The fourth-order valence-electron chi connectivity index (χ4n) is 6.92. The van der Waals surface area contributed by atoms with Crippen molar-refractivity contribution in [2.75, 3.05) is 0 Å². The summed E-state index contributed by atoms with van der Waals surface area (Å²) in [7, 11) is 0. The van der Waals surface area contributed by atoms with Gasteiger partial charge in [0.25, 0.3) is 6.33 Å². The molecule has 286 valence electrons. The Morgan fingerprint density at radius 3 is 2.00 bits per heavy atom. The number of fused-ring (bicyclic) bond motifs is 3. The van der Waals surface area contributed by atoms with Crippen molar-refractivity contribution in [3.05, 3.63) is 157 Å². The zero-order chi connectivity index (χ0) is 38.7. The zero-order valence-corrected chi connectivity index (χ0v) is 35.8. The van der Waals surface area contributed by atoms with Crippen LogP contribution in [-0.2, 0) is 37.3 Å². The minimum Gasteiger partial charge on any atom is -0.521 e. The van der Waals surface area contributed by atoms with Crippen LogP contribution in [-0.4, -0.2) is 19.1 Å². The normalized spacial score (nSPS) is 12.2. The molecule has 0 aliphatic rings. The van der Waals surface area contributed by atoms with Crippen molar-refractivity contribution >= 4 is 21.8 Å². The number of pyridine rings is 2. The van der Waals surface area contributed by atoms with E-state index in [4.69, 9.17) is 9.72 Å². The molecule has 4 aromatic carbocycles. The summed E-state index contributed by atoms with van der Waals surface area (Å²) in [4.78, 5) is 9.54. The molecule has 6 nitrogen and oxygen atoms in total. The molecule has 0 aliphatic heterocycles. The minimum absolute atomic E-state index is 0. The van der Waals surface area contributed by atoms with E-state index in [9.17, 15) is 0 Å². The number of hydrogen-bond donors (Lipinski definition) is 0. The SMILES string of the molecule is CC(C)(C)c1cc(-[n+]2[c-]n(-c3[c-]c(Oc4[c-]c5c(cc4-c4ccccc4)c4ccccc4n5-c4cc(C(C)(C)C)ccn4)ccn3)cc2)cc(C(C)(C)C)c1.[Pt]. The Kier molecular flexibility index (Phi) is 10.2. The summed E-state index contributed by atoms with van der Waals surface area (Å²) < 4.78 is 12.8. The number of rotatable bonds is 6. The number of hydrogen-bond acceptors (Lipinski definition) is 3. The predicted molar refractivity (Wildman–Crippen MR) is 222 cm³/mol. The van der Waals surface area contributed by atoms with Gasteiger partial charge in [-0.25, -0.2) is 4.98 Å². The molecule has 0 radical (unpaired) electrons. The second-order valence-electron chi connectivity index (χ2n) is 17.4. The molecule has 4 heterocycles. The van der Waals surface area contributed by atoms with E-state index in [0.717, 1.165) is 44.4 Å². The van der Waals surface area contributed by atoms with Crippen LogP contribution in [0.3, 0.4) is 0 Å². The Morgan fingerprint density at radius 1 is 0.643 bits per heavy atom. The van der Waals surface area contributed by atoms with Crippen LogP contribution in [0.25, 0.3) is 50.3 Å². The summed E-state index contributed by atoms with van der Waals surface area (Å²) in [5.74, 6) is 2.51. The van der Waals surface area contributed by atoms with Gasteiger partial charge in [0.1, 0.15) is 5.82 Å². The first-order chi connectivity index (χ1) is 26.1. The van der Waals surface area contributed by atoms with Gasteiger partial charge in [-0.1, -0.05) is 140 Å². The number of aromatic nitrogens is 5. The van der Waals surface area contributed by atoms with Gasteiger partial charge < -0.3 is 9.30 Å². The fraction of sp³-hybridized carbons (Fsp3) is 0.245. The second kappa shape index (κ2) is 14.6. The van der Waals surface area contributed by atoms with Crippen LogP contribution in [0.5, 0.6) is 11.5 Å². The number of imidazole rings is 1. The first-order valence-corrected chi connectivity index (χ1v) is 18.9. The molecule has 56 heavy (non-hydrogen) atoms. The van der Waals surface area contributed by atoms with E-state index in [1.54, 1.807) is 6.20 Å². The second-order valence-corrected chi connectivity index (χ2v) is 17.4. The molecule has 8 aromatic rings. The van der Waals surface area contributed by atoms with Gasteiger partial charge in [0.05, 0.1) is 11.5 Å². The number of nitrogens with zero attached hydrogens (tertiary/aromatic N) is 5. The van der Waals surface area contributed by atoms with Gasteiger partial charge in [0.15, 0.2) is 0 Å². The topological polar surface area (TPSA) is 48.8 Å². The van der Waals surface area contributed by atoms with Crippen molar-refractivity contribution in [1.82, 2.24) is 19.1 Å². The van der Waals surface area contributed by atoms with Crippen LogP contribution >= 0.6 is 0 Å². The van der Waals surface area contributed by atoms with E-state index in [1.165, 1.54) is 16.7 Å². The van der Waals surface area contributed by atoms with Crippen LogP contribution in [0, 0.1) is 18.5 Å².